The second kappa shape index (κ2) is 10.3. The zero-order chi connectivity index (χ0) is 6.69. The number of hydrogen-bond donors (Lipinski definition) is 2. The van der Waals surface area contributed by atoms with Crippen LogP contribution in [0.2, 0.25) is 0 Å². The Bertz CT molecular complexity index is 197. The topological polar surface area (TPSA) is 54.7 Å². The molecule has 0 saturated carbocycles. The zero-order valence-electron chi connectivity index (χ0n) is 5.97. The maximum atomic E-state index is 5.34. The standard InChI is InChI=1S/C5H8IN3.2ClH.Pt/c6-5-4(1-2-7)8-3-9-5;;;/h3H,1-2,7H2,(H,8,9);2*1H;/q;;;+2/p-2/i6+4;;;. The zero-order valence-corrected chi connectivity index (χ0v) is 11.9. The number of rotatable bonds is 2. The first kappa shape index (κ1) is 18.9. The molecule has 1 rings (SSSR count). The number of halogens is 3. The molecule has 3 N–H and O–H groups in total. The van der Waals surface area contributed by atoms with Gasteiger partial charge in [0.05, 0.1) is 6.33 Å². The van der Waals surface area contributed by atoms with E-state index in [0.29, 0.717) is 6.54 Å². The molecule has 1 heterocycles. The normalized spacial score (nSPS) is 7.50. The number of imidazole rings is 1. The van der Waals surface area contributed by atoms with E-state index in [-0.39, 0.29) is 45.9 Å². The third kappa shape index (κ3) is 5.75. The molecule has 0 spiro atoms. The van der Waals surface area contributed by atoms with Crippen molar-refractivity contribution in [2.45, 2.75) is 6.42 Å². The van der Waals surface area contributed by atoms with Gasteiger partial charge in [-0.2, -0.15) is 0 Å². The number of nitrogens with one attached hydrogen (secondary N) is 1. The molecule has 0 atom stereocenters. The van der Waals surface area contributed by atoms with Gasteiger partial charge in [0.25, 0.3) is 0 Å². The fourth-order valence-corrected chi connectivity index (χ4v) is 1.19. The molecule has 1 aromatic heterocycles. The molecule has 12 heavy (non-hydrogen) atoms. The van der Waals surface area contributed by atoms with Crippen LogP contribution < -0.4 is 30.5 Å². The summed E-state index contributed by atoms with van der Waals surface area (Å²) in [5.74, 6) is 0. The molecule has 0 radical (unpaired) electrons. The summed E-state index contributed by atoms with van der Waals surface area (Å²) in [7, 11) is 0. The van der Waals surface area contributed by atoms with Gasteiger partial charge in [-0.15, -0.1) is 0 Å². The minimum absolute atomic E-state index is 0. The van der Waals surface area contributed by atoms with Crippen molar-refractivity contribution in [2.75, 3.05) is 6.54 Å². The van der Waals surface area contributed by atoms with Gasteiger partial charge in [-0.05, 0) is 29.1 Å². The molecule has 0 saturated heterocycles. The maximum absolute atomic E-state index is 5.34. The Morgan fingerprint density at radius 2 is 2.08 bits per heavy atom. The fraction of sp³-hybridized carbons (Fsp3) is 0.400. The third-order valence-electron chi connectivity index (χ3n) is 1.06. The molecule has 0 unspecified atom stereocenters. The Balaban J connectivity index is -0.000000270. The second-order valence-corrected chi connectivity index (χ2v) is 2.73. The van der Waals surface area contributed by atoms with Crippen molar-refractivity contribution in [3.05, 3.63) is 15.7 Å². The summed E-state index contributed by atoms with van der Waals surface area (Å²) in [4.78, 5) is 7.02. The van der Waals surface area contributed by atoms with Crippen LogP contribution >= 0.6 is 22.6 Å². The van der Waals surface area contributed by atoms with E-state index < -0.39 is 0 Å². The Hall–Kier alpha value is 1.17. The number of aromatic amines is 1. The van der Waals surface area contributed by atoms with Crippen molar-refractivity contribution in [3.63, 3.8) is 0 Å². The molecule has 0 amide bonds. The maximum Gasteiger partial charge on any atom is 2.00 e. The van der Waals surface area contributed by atoms with Gasteiger partial charge in [-0.25, -0.2) is 4.98 Å². The molecule has 3 nitrogen and oxygen atoms in total. The minimum atomic E-state index is 0. The van der Waals surface area contributed by atoms with Gasteiger partial charge in [0.1, 0.15) is 3.70 Å². The van der Waals surface area contributed by atoms with E-state index in [1.165, 1.54) is 0 Å². The van der Waals surface area contributed by atoms with Crippen molar-refractivity contribution < 1.29 is 45.9 Å². The Morgan fingerprint density at radius 1 is 1.50 bits per heavy atom. The fourth-order valence-electron chi connectivity index (χ4n) is 0.624. The first-order valence-electron chi connectivity index (χ1n) is 2.72. The van der Waals surface area contributed by atoms with Crippen LogP contribution in [0.4, 0.5) is 0 Å². The van der Waals surface area contributed by atoms with Gasteiger partial charge in [-0.3, -0.25) is 0 Å². The third-order valence-corrected chi connectivity index (χ3v) is 1.99. The average molecular weight is 507 g/mol. The number of aromatic nitrogens is 2. The molecule has 0 aliphatic rings. The molecule has 0 fully saturated rings. The van der Waals surface area contributed by atoms with E-state index in [0.717, 1.165) is 15.8 Å². The van der Waals surface area contributed by atoms with Crippen LogP contribution in [0.3, 0.4) is 0 Å². The van der Waals surface area contributed by atoms with Crippen LogP contribution in [0.5, 0.6) is 0 Å². The summed E-state index contributed by atoms with van der Waals surface area (Å²) < 4.78 is 1.03. The van der Waals surface area contributed by atoms with E-state index in [1.807, 2.05) is 0 Å². The van der Waals surface area contributed by atoms with Crippen molar-refractivity contribution in [1.29, 1.82) is 0 Å². The van der Waals surface area contributed by atoms with Crippen molar-refractivity contribution in [3.8, 4) is 0 Å². The van der Waals surface area contributed by atoms with E-state index in [2.05, 4.69) is 32.6 Å². The molecule has 0 aliphatic carbocycles. The second-order valence-electron chi connectivity index (χ2n) is 1.71. The summed E-state index contributed by atoms with van der Waals surface area (Å²) in [5, 5.41) is 0. The van der Waals surface area contributed by atoms with E-state index in [4.69, 9.17) is 5.73 Å². The summed E-state index contributed by atoms with van der Waals surface area (Å²) in [6.07, 6.45) is 2.57. The predicted octanol–water partition coefficient (Wildman–Crippen LogP) is -5.48. The molecule has 74 valence electrons. The monoisotopic (exact) mass is 506 g/mol. The molecule has 0 aliphatic heterocycles. The van der Waals surface area contributed by atoms with Crippen molar-refractivity contribution in [1.82, 2.24) is 9.97 Å². The summed E-state index contributed by atoms with van der Waals surface area (Å²) in [6, 6.07) is 0. The van der Waals surface area contributed by atoms with Gasteiger partial charge in [0, 0.05) is 12.1 Å². The van der Waals surface area contributed by atoms with Gasteiger partial charge >= 0.3 is 21.1 Å². The van der Waals surface area contributed by atoms with Crippen LogP contribution in [0.15, 0.2) is 6.33 Å². The Morgan fingerprint density at radius 3 is 2.42 bits per heavy atom. The number of H-pyrrole nitrogens is 1. The van der Waals surface area contributed by atoms with Crippen LogP contribution in [-0.4, -0.2) is 16.5 Å². The largest absolute Gasteiger partial charge is 2.00 e. The van der Waals surface area contributed by atoms with Gasteiger partial charge < -0.3 is 35.5 Å². The summed E-state index contributed by atoms with van der Waals surface area (Å²) in [5.41, 5.74) is 6.47. The predicted molar refractivity (Wildman–Crippen MR) is 44.1 cm³/mol. The number of nitrogens with zero attached hydrogens (tertiary/aromatic N) is 1. The SMILES string of the molecule is NCCc1[nH]cnc1[131I].[Cl-].[Cl-].[Pt+2]. The van der Waals surface area contributed by atoms with Crippen LogP contribution in [0.1, 0.15) is 5.69 Å². The van der Waals surface area contributed by atoms with Crippen LogP contribution in [0, 0.1) is 3.70 Å². The Kier molecular flexibility index (Phi) is 16.1. The molecule has 7 heteroatoms. The molecular weight excluding hydrogens is 499 g/mol. The molecule has 1 aromatic rings. The van der Waals surface area contributed by atoms with Crippen LogP contribution in [0.25, 0.3) is 0 Å². The average Bonchev–Trinajstić information content (AvgIpc) is 2.18. The van der Waals surface area contributed by atoms with Crippen molar-refractivity contribution in [2.24, 2.45) is 5.73 Å². The van der Waals surface area contributed by atoms with Gasteiger partial charge in [0.2, 0.25) is 0 Å². The first-order valence-corrected chi connectivity index (χ1v) is 3.80. The van der Waals surface area contributed by atoms with Gasteiger partial charge in [0.15, 0.2) is 0 Å². The summed E-state index contributed by atoms with van der Waals surface area (Å²) in [6.45, 7) is 0.679. The quantitative estimate of drug-likeness (QED) is 0.393. The number of nitrogens with two attached hydrogens (primary N) is 1. The van der Waals surface area contributed by atoms with E-state index >= 15 is 0 Å². The van der Waals surface area contributed by atoms with Gasteiger partial charge in [-0.1, -0.05) is 0 Å². The smallest absolute Gasteiger partial charge is 1.00 e. The Labute approximate surface area is 112 Å². The van der Waals surface area contributed by atoms with Crippen LogP contribution in [-0.2, 0) is 27.5 Å². The molecule has 0 aromatic carbocycles. The van der Waals surface area contributed by atoms with Crippen molar-refractivity contribution >= 4 is 22.6 Å². The van der Waals surface area contributed by atoms with E-state index in [1.54, 1.807) is 6.33 Å². The minimum Gasteiger partial charge on any atom is -1.00 e. The summed E-state index contributed by atoms with van der Waals surface area (Å²) >= 11 is 2.18. The van der Waals surface area contributed by atoms with E-state index in [9.17, 15) is 0 Å². The number of hydrogen-bond acceptors (Lipinski definition) is 2. The first-order chi connectivity index (χ1) is 4.34. The molecular formula is C5H8Cl2IN3Pt. The molecule has 0 bridgehead atoms.